The van der Waals surface area contributed by atoms with E-state index in [0.29, 0.717) is 5.69 Å². The number of rotatable bonds is 5. The van der Waals surface area contributed by atoms with Crippen molar-refractivity contribution in [3.05, 3.63) is 35.1 Å². The lowest BCUT2D eigenvalue weighted by Gasteiger charge is -2.16. The molecule has 4 N–H and O–H groups in total. The Morgan fingerprint density at radius 1 is 1.42 bits per heavy atom. The molecule has 1 aromatic rings. The monoisotopic (exact) mass is 302 g/mol. The average molecular weight is 303 g/mol. The van der Waals surface area contributed by atoms with Crippen molar-refractivity contribution in [2.75, 3.05) is 19.4 Å². The van der Waals surface area contributed by atoms with Gasteiger partial charge in [0.2, 0.25) is 10.0 Å². The van der Waals surface area contributed by atoms with E-state index in [2.05, 4.69) is 5.32 Å². The zero-order valence-electron chi connectivity index (χ0n) is 10.5. The maximum Gasteiger partial charge on any atom is 0.244 e. The lowest BCUT2D eigenvalue weighted by molar-refractivity contribution is 0.521. The lowest BCUT2D eigenvalue weighted by Crippen LogP contribution is -2.24. The first-order valence-electron chi connectivity index (χ1n) is 5.25. The summed E-state index contributed by atoms with van der Waals surface area (Å²) in [5.74, 6) is 0.0121. The van der Waals surface area contributed by atoms with Crippen molar-refractivity contribution in [2.45, 2.75) is 4.90 Å². The Balaban J connectivity index is 3.29. The Morgan fingerprint density at radius 2 is 2.00 bits per heavy atom. The van der Waals surface area contributed by atoms with Crippen LogP contribution < -0.4 is 11.1 Å². The second kappa shape index (κ2) is 6.05. The third kappa shape index (κ3) is 3.46. The Hall–Kier alpha value is -1.57. The Bertz CT molecular complexity index is 611. The summed E-state index contributed by atoms with van der Waals surface area (Å²) < 4.78 is 25.4. The molecule has 0 spiro atoms. The summed E-state index contributed by atoms with van der Waals surface area (Å²) in [4.78, 5) is 0.0809. The number of hydrogen-bond donors (Lipinski definition) is 3. The van der Waals surface area contributed by atoms with Crippen molar-refractivity contribution in [2.24, 2.45) is 5.73 Å². The topological polar surface area (TPSA) is 99.3 Å². The molecule has 0 heterocycles. The number of nitrogens with zero attached hydrogens (tertiary/aromatic N) is 1. The van der Waals surface area contributed by atoms with Gasteiger partial charge in [-0.1, -0.05) is 23.7 Å². The molecule has 104 valence electrons. The van der Waals surface area contributed by atoms with Crippen LogP contribution in [-0.4, -0.2) is 33.0 Å². The molecule has 0 fully saturated rings. The van der Waals surface area contributed by atoms with Crippen LogP contribution in [0.25, 0.3) is 0 Å². The maximum atomic E-state index is 12.1. The van der Waals surface area contributed by atoms with Crippen LogP contribution in [0.3, 0.4) is 0 Å². The highest BCUT2D eigenvalue weighted by molar-refractivity contribution is 7.89. The van der Waals surface area contributed by atoms with Crippen LogP contribution >= 0.6 is 11.6 Å². The van der Waals surface area contributed by atoms with Gasteiger partial charge in [0.15, 0.2) is 0 Å². The largest absolute Gasteiger partial charge is 0.384 e. The number of allylic oxidation sites excluding steroid dienone is 1. The summed E-state index contributed by atoms with van der Waals surface area (Å²) in [5.41, 5.74) is 5.92. The highest BCUT2D eigenvalue weighted by Crippen LogP contribution is 2.24. The standard InChI is InChI=1S/C11H15ClN4O2S/c1-16(2)19(17,18)10-6-4-3-5-9(10)15-11(14)8(12)7-13/h3-7,13,15H,14H2,1-2H3/b11-8-,13-7?. The second-order valence-electron chi connectivity index (χ2n) is 3.81. The second-order valence-corrected chi connectivity index (χ2v) is 6.34. The zero-order valence-corrected chi connectivity index (χ0v) is 12.1. The highest BCUT2D eigenvalue weighted by Gasteiger charge is 2.21. The number of para-hydroxylation sites is 1. The van der Waals surface area contributed by atoms with Gasteiger partial charge in [0.1, 0.15) is 10.7 Å². The van der Waals surface area contributed by atoms with Gasteiger partial charge >= 0.3 is 0 Å². The maximum absolute atomic E-state index is 12.1. The number of halogens is 1. The van der Waals surface area contributed by atoms with Crippen LogP contribution in [0.2, 0.25) is 0 Å². The van der Waals surface area contributed by atoms with Crippen molar-refractivity contribution in [3.8, 4) is 0 Å². The number of hydrogen-bond acceptors (Lipinski definition) is 5. The number of sulfonamides is 1. The van der Waals surface area contributed by atoms with Crippen LogP contribution in [0.4, 0.5) is 5.69 Å². The van der Waals surface area contributed by atoms with Gasteiger partial charge in [-0.3, -0.25) is 0 Å². The van der Waals surface area contributed by atoms with E-state index in [1.54, 1.807) is 18.2 Å². The van der Waals surface area contributed by atoms with Gasteiger partial charge in [-0.2, -0.15) is 0 Å². The van der Waals surface area contributed by atoms with Gasteiger partial charge in [-0.05, 0) is 12.1 Å². The number of nitrogens with two attached hydrogens (primary N) is 1. The third-order valence-electron chi connectivity index (χ3n) is 2.30. The first-order valence-corrected chi connectivity index (χ1v) is 7.06. The SMILES string of the molecule is CN(C)S(=O)(=O)c1ccccc1N/C(N)=C(\Cl)C=N. The van der Waals surface area contributed by atoms with Gasteiger partial charge in [-0.25, -0.2) is 12.7 Å². The van der Waals surface area contributed by atoms with Crippen molar-refractivity contribution < 1.29 is 8.42 Å². The first kappa shape index (κ1) is 15.5. The van der Waals surface area contributed by atoms with E-state index in [1.165, 1.54) is 20.2 Å². The summed E-state index contributed by atoms with van der Waals surface area (Å²) in [7, 11) is -0.712. The molecule has 0 aliphatic carbocycles. The highest BCUT2D eigenvalue weighted by atomic mass is 35.5. The van der Waals surface area contributed by atoms with Crippen molar-refractivity contribution in [1.29, 1.82) is 5.41 Å². The minimum Gasteiger partial charge on any atom is -0.384 e. The van der Waals surface area contributed by atoms with Gasteiger partial charge in [0, 0.05) is 20.3 Å². The van der Waals surface area contributed by atoms with Gasteiger partial charge in [-0.15, -0.1) is 0 Å². The molecule has 0 unspecified atom stereocenters. The molecule has 0 aliphatic rings. The van der Waals surface area contributed by atoms with E-state index >= 15 is 0 Å². The summed E-state index contributed by atoms with van der Waals surface area (Å²) >= 11 is 5.68. The molecule has 1 rings (SSSR count). The van der Waals surface area contributed by atoms with E-state index in [1.807, 2.05) is 0 Å². The molecule has 0 atom stereocenters. The predicted molar refractivity (Wildman–Crippen MR) is 76.8 cm³/mol. The van der Waals surface area contributed by atoms with Crippen LogP contribution in [0, 0.1) is 5.41 Å². The van der Waals surface area contributed by atoms with E-state index in [9.17, 15) is 8.42 Å². The van der Waals surface area contributed by atoms with Crippen molar-refractivity contribution in [1.82, 2.24) is 4.31 Å². The Kier molecular flexibility index (Phi) is 4.93. The number of anilines is 1. The minimum absolute atomic E-state index is 0.00273. The molecule has 0 saturated heterocycles. The fourth-order valence-corrected chi connectivity index (χ4v) is 2.36. The smallest absolute Gasteiger partial charge is 0.244 e. The fraction of sp³-hybridized carbons (Fsp3) is 0.182. The van der Waals surface area contributed by atoms with Crippen molar-refractivity contribution >= 4 is 33.5 Å². The lowest BCUT2D eigenvalue weighted by atomic mass is 10.3. The molecule has 8 heteroatoms. The third-order valence-corrected chi connectivity index (χ3v) is 4.48. The summed E-state index contributed by atoms with van der Waals surface area (Å²) in [6, 6.07) is 6.31. The van der Waals surface area contributed by atoms with E-state index in [0.717, 1.165) is 10.5 Å². The van der Waals surface area contributed by atoms with Crippen molar-refractivity contribution in [3.63, 3.8) is 0 Å². The van der Waals surface area contributed by atoms with Crippen LogP contribution in [0.1, 0.15) is 0 Å². The summed E-state index contributed by atoms with van der Waals surface area (Å²) in [5, 5.41) is 9.68. The van der Waals surface area contributed by atoms with E-state index in [-0.39, 0.29) is 15.7 Å². The van der Waals surface area contributed by atoms with Gasteiger partial charge in [0.25, 0.3) is 0 Å². The molecule has 1 aromatic carbocycles. The normalized spacial score (nSPS) is 13.1. The molecular weight excluding hydrogens is 288 g/mol. The molecule has 0 aromatic heterocycles. The predicted octanol–water partition coefficient (Wildman–Crippen LogP) is 1.36. The fourth-order valence-electron chi connectivity index (χ4n) is 1.27. The summed E-state index contributed by atoms with van der Waals surface area (Å²) in [6.45, 7) is 0. The van der Waals surface area contributed by atoms with Crippen LogP contribution in [0.15, 0.2) is 40.0 Å². The molecule has 0 amide bonds. The average Bonchev–Trinajstić information content (AvgIpc) is 2.37. The van der Waals surface area contributed by atoms with Crippen LogP contribution in [-0.2, 0) is 10.0 Å². The van der Waals surface area contributed by atoms with Crippen LogP contribution in [0.5, 0.6) is 0 Å². The van der Waals surface area contributed by atoms with Gasteiger partial charge in [0.05, 0.1) is 10.7 Å². The number of benzene rings is 1. The summed E-state index contributed by atoms with van der Waals surface area (Å²) in [6.07, 6.45) is 0.868. The minimum atomic E-state index is -3.59. The molecule has 0 radical (unpaired) electrons. The quantitative estimate of drug-likeness (QED) is 0.715. The van der Waals surface area contributed by atoms with Gasteiger partial charge < -0.3 is 16.5 Å². The molecule has 6 nitrogen and oxygen atoms in total. The zero-order chi connectivity index (χ0) is 14.6. The molecular formula is C11H15ClN4O2S. The van der Waals surface area contributed by atoms with E-state index < -0.39 is 10.0 Å². The number of nitrogens with one attached hydrogen (secondary N) is 2. The Morgan fingerprint density at radius 3 is 2.53 bits per heavy atom. The Labute approximate surface area is 117 Å². The first-order chi connectivity index (χ1) is 8.80. The molecule has 0 saturated carbocycles. The molecule has 0 bridgehead atoms. The molecule has 19 heavy (non-hydrogen) atoms. The molecule has 0 aliphatic heterocycles. The van der Waals surface area contributed by atoms with E-state index in [4.69, 9.17) is 22.7 Å².